The zero-order valence-corrected chi connectivity index (χ0v) is 13.6. The molecule has 2 saturated heterocycles. The first kappa shape index (κ1) is 16.4. The van der Waals surface area contributed by atoms with Crippen LogP contribution in [0.4, 0.5) is 0 Å². The van der Waals surface area contributed by atoms with Crippen LogP contribution >= 0.6 is 0 Å². The number of hydrogen-bond acceptors (Lipinski definition) is 8. The monoisotopic (exact) mass is 358 g/mol. The number of carboxylic acids is 1. The van der Waals surface area contributed by atoms with Crippen LogP contribution < -0.4 is 0 Å². The molecule has 1 amide bonds. The number of aliphatic carboxylic acids is 1. The van der Waals surface area contributed by atoms with Gasteiger partial charge in [0.2, 0.25) is 5.91 Å². The molecule has 24 heavy (non-hydrogen) atoms. The zero-order valence-electron chi connectivity index (χ0n) is 12.7. The fourth-order valence-electron chi connectivity index (χ4n) is 3.22. The van der Waals surface area contributed by atoms with E-state index in [0.29, 0.717) is 0 Å². The number of ether oxygens (including phenoxy) is 1. The van der Waals surface area contributed by atoms with E-state index < -0.39 is 50.4 Å². The minimum Gasteiger partial charge on any atom is -0.480 e. The lowest BCUT2D eigenvalue weighted by Crippen LogP contribution is -2.58. The van der Waals surface area contributed by atoms with Crippen LogP contribution in [-0.4, -0.2) is 74.5 Å². The van der Waals surface area contributed by atoms with Crippen LogP contribution in [0.2, 0.25) is 0 Å². The van der Waals surface area contributed by atoms with Crippen molar-refractivity contribution < 1.29 is 32.6 Å². The topological polar surface area (TPSA) is 149 Å². The van der Waals surface area contributed by atoms with Gasteiger partial charge in [0, 0.05) is 0 Å². The van der Waals surface area contributed by atoms with Crippen molar-refractivity contribution in [3.63, 3.8) is 0 Å². The molecule has 1 aromatic rings. The van der Waals surface area contributed by atoms with Crippen molar-refractivity contribution in [1.29, 1.82) is 0 Å². The highest BCUT2D eigenvalue weighted by atomic mass is 32.2. The Morgan fingerprint density at radius 3 is 2.71 bits per heavy atom. The van der Waals surface area contributed by atoms with Crippen LogP contribution in [0.5, 0.6) is 0 Å². The molecule has 3 atom stereocenters. The molecule has 0 aromatic carbocycles. The zero-order chi connectivity index (χ0) is 17.9. The third kappa shape index (κ3) is 1.89. The fourth-order valence-corrected chi connectivity index (χ4v) is 5.57. The van der Waals surface area contributed by atoms with Crippen molar-refractivity contribution in [3.8, 4) is 0 Å². The normalized spacial score (nSPS) is 30.6. The lowest BCUT2D eigenvalue weighted by Gasteiger charge is -2.35. The molecule has 0 aliphatic carbocycles. The summed E-state index contributed by atoms with van der Waals surface area (Å²) in [5.41, 5.74) is -0.112. The number of carbonyl (C=O) groups is 3. The molecule has 0 unspecified atom stereocenters. The number of hydrogen-bond donors (Lipinski definition) is 1. The van der Waals surface area contributed by atoms with Crippen molar-refractivity contribution in [2.75, 3.05) is 7.11 Å². The summed E-state index contributed by atoms with van der Waals surface area (Å²) in [4.78, 5) is 35.9. The quantitative estimate of drug-likeness (QED) is 0.489. The average Bonchev–Trinajstić information content (AvgIpc) is 3.00. The second-order valence-electron chi connectivity index (χ2n) is 5.83. The number of methoxy groups -OCH3 is 1. The molecule has 0 saturated carbocycles. The summed E-state index contributed by atoms with van der Waals surface area (Å²) in [7, 11) is -2.86. The second-order valence-corrected chi connectivity index (χ2v) is 8.39. The number of aromatic nitrogens is 3. The smallest absolute Gasteiger partial charge is 0.358 e. The van der Waals surface area contributed by atoms with Crippen LogP contribution in [0.3, 0.4) is 0 Å². The largest absolute Gasteiger partial charge is 0.480 e. The molecule has 3 rings (SSSR count). The Kier molecular flexibility index (Phi) is 3.41. The molecule has 2 fully saturated rings. The van der Waals surface area contributed by atoms with Gasteiger partial charge in [0.05, 0.1) is 26.3 Å². The van der Waals surface area contributed by atoms with E-state index >= 15 is 0 Å². The lowest BCUT2D eigenvalue weighted by molar-refractivity contribution is -0.157. The van der Waals surface area contributed by atoms with E-state index in [1.165, 1.54) is 6.92 Å². The first-order valence-electron chi connectivity index (χ1n) is 6.89. The van der Waals surface area contributed by atoms with Crippen molar-refractivity contribution in [2.45, 2.75) is 36.1 Å². The molecule has 0 spiro atoms. The highest BCUT2D eigenvalue weighted by Crippen LogP contribution is 2.46. The Hall–Kier alpha value is -2.50. The molecule has 130 valence electrons. The highest BCUT2D eigenvalue weighted by molar-refractivity contribution is 7.93. The third-order valence-corrected chi connectivity index (χ3v) is 7.28. The standard InChI is InChI=1S/C12H14N4O7S/c1-12(5-15-6(4-13-14-15)11(20)23-2)9(10(18)19)16-7(17)3-8(16)24(12,21)22/h4,8-9H,3,5H2,1-2H3,(H,18,19)/t8-,9-,12-/m0/s1. The van der Waals surface area contributed by atoms with Crippen molar-refractivity contribution in [3.05, 3.63) is 11.9 Å². The van der Waals surface area contributed by atoms with Gasteiger partial charge in [0.1, 0.15) is 10.1 Å². The summed E-state index contributed by atoms with van der Waals surface area (Å²) in [6.07, 6.45) is 0.843. The lowest BCUT2D eigenvalue weighted by atomic mass is 9.96. The summed E-state index contributed by atoms with van der Waals surface area (Å²) in [5.74, 6) is -2.76. The number of amides is 1. The Morgan fingerprint density at radius 1 is 1.50 bits per heavy atom. The summed E-state index contributed by atoms with van der Waals surface area (Å²) in [6, 6.07) is -1.57. The van der Waals surface area contributed by atoms with Gasteiger partial charge in [-0.3, -0.25) is 4.79 Å². The van der Waals surface area contributed by atoms with Crippen LogP contribution in [-0.2, 0) is 30.7 Å². The molecular weight excluding hydrogens is 344 g/mol. The van der Waals surface area contributed by atoms with Gasteiger partial charge in [-0.15, -0.1) is 5.10 Å². The van der Waals surface area contributed by atoms with E-state index in [4.69, 9.17) is 0 Å². The molecule has 0 radical (unpaired) electrons. The molecular formula is C12H14N4O7S. The molecule has 2 aliphatic rings. The van der Waals surface area contributed by atoms with Crippen molar-refractivity contribution >= 4 is 27.7 Å². The number of esters is 1. The number of carboxylic acid groups (broad SMARTS) is 1. The number of sulfone groups is 1. The van der Waals surface area contributed by atoms with Gasteiger partial charge >= 0.3 is 11.9 Å². The minimum absolute atomic E-state index is 0.112. The van der Waals surface area contributed by atoms with E-state index in [2.05, 4.69) is 15.0 Å². The van der Waals surface area contributed by atoms with Gasteiger partial charge in [-0.1, -0.05) is 5.21 Å². The van der Waals surface area contributed by atoms with Gasteiger partial charge in [-0.05, 0) is 6.92 Å². The number of fused-ring (bicyclic) bond motifs is 1. The van der Waals surface area contributed by atoms with Gasteiger partial charge in [0.15, 0.2) is 21.6 Å². The van der Waals surface area contributed by atoms with E-state index in [-0.39, 0.29) is 12.1 Å². The first-order valence-corrected chi connectivity index (χ1v) is 8.44. The summed E-state index contributed by atoms with van der Waals surface area (Å²) in [6.45, 7) is 0.784. The third-order valence-electron chi connectivity index (χ3n) is 4.52. The Labute approximate surface area is 136 Å². The second kappa shape index (κ2) is 5.00. The van der Waals surface area contributed by atoms with Crippen LogP contribution in [0, 0.1) is 0 Å². The summed E-state index contributed by atoms with van der Waals surface area (Å²) >= 11 is 0. The van der Waals surface area contributed by atoms with Gasteiger partial charge in [0.25, 0.3) is 0 Å². The predicted molar refractivity (Wildman–Crippen MR) is 75.4 cm³/mol. The van der Waals surface area contributed by atoms with Gasteiger partial charge in [-0.25, -0.2) is 22.7 Å². The Morgan fingerprint density at radius 2 is 2.17 bits per heavy atom. The number of rotatable bonds is 4. The van der Waals surface area contributed by atoms with Gasteiger partial charge in [-0.2, -0.15) is 0 Å². The van der Waals surface area contributed by atoms with E-state index in [1.54, 1.807) is 0 Å². The van der Waals surface area contributed by atoms with Crippen LogP contribution in [0.15, 0.2) is 6.20 Å². The number of β-lactam (4-membered cyclic amide) rings is 1. The Bertz CT molecular complexity index is 847. The van der Waals surface area contributed by atoms with Crippen molar-refractivity contribution in [2.24, 2.45) is 0 Å². The number of carbonyl (C=O) groups excluding carboxylic acids is 2. The predicted octanol–water partition coefficient (Wildman–Crippen LogP) is -1.74. The maximum absolute atomic E-state index is 12.8. The molecule has 1 aromatic heterocycles. The van der Waals surface area contributed by atoms with Gasteiger partial charge < -0.3 is 14.7 Å². The summed E-state index contributed by atoms with van der Waals surface area (Å²) < 4.78 is 29.2. The molecule has 2 aliphatic heterocycles. The highest BCUT2D eigenvalue weighted by Gasteiger charge is 2.70. The molecule has 3 heterocycles. The fraction of sp³-hybridized carbons (Fsp3) is 0.583. The summed E-state index contributed by atoms with van der Waals surface area (Å²) in [5, 5.41) is 15.5. The first-order chi connectivity index (χ1) is 11.1. The average molecular weight is 358 g/mol. The SMILES string of the molecule is COC(=O)c1cnnn1C[C@@]1(C)[C@H](C(=O)O)N2C(=O)C[C@@H]2S1(=O)=O. The minimum atomic E-state index is -4.00. The molecule has 0 bridgehead atoms. The van der Waals surface area contributed by atoms with E-state index in [0.717, 1.165) is 22.9 Å². The molecule has 12 heteroatoms. The van der Waals surface area contributed by atoms with E-state index in [1.807, 2.05) is 0 Å². The van der Waals surface area contributed by atoms with Crippen LogP contribution in [0.1, 0.15) is 23.8 Å². The molecule has 1 N–H and O–H groups in total. The van der Waals surface area contributed by atoms with Crippen LogP contribution in [0.25, 0.3) is 0 Å². The number of nitrogens with zero attached hydrogens (tertiary/aromatic N) is 4. The Balaban J connectivity index is 2.07. The maximum Gasteiger partial charge on any atom is 0.358 e. The molecule has 11 nitrogen and oxygen atoms in total. The maximum atomic E-state index is 12.8. The van der Waals surface area contributed by atoms with Crippen molar-refractivity contribution in [1.82, 2.24) is 19.9 Å². The van der Waals surface area contributed by atoms with E-state index in [9.17, 15) is 27.9 Å².